The zero-order valence-electron chi connectivity index (χ0n) is 12.2. The van der Waals surface area contributed by atoms with Crippen molar-refractivity contribution in [1.82, 2.24) is 4.98 Å². The SMILES string of the molecule is Cc1ccc(-c2csc(NC(=O)[C@@H]3CCCO3)n2)c(C)c1. The molecule has 110 valence electrons. The summed E-state index contributed by atoms with van der Waals surface area (Å²) in [5, 5.41) is 5.45. The van der Waals surface area contributed by atoms with Gasteiger partial charge in [-0.3, -0.25) is 10.1 Å². The van der Waals surface area contributed by atoms with Crippen LogP contribution >= 0.6 is 11.3 Å². The van der Waals surface area contributed by atoms with Gasteiger partial charge in [0.2, 0.25) is 0 Å². The molecule has 0 bridgehead atoms. The van der Waals surface area contributed by atoms with Crippen LogP contribution < -0.4 is 5.32 Å². The maximum Gasteiger partial charge on any atom is 0.255 e. The van der Waals surface area contributed by atoms with Crippen molar-refractivity contribution < 1.29 is 9.53 Å². The first-order valence-corrected chi connectivity index (χ1v) is 7.97. The summed E-state index contributed by atoms with van der Waals surface area (Å²) in [6, 6.07) is 6.29. The van der Waals surface area contributed by atoms with E-state index in [2.05, 4.69) is 42.3 Å². The van der Waals surface area contributed by atoms with Crippen molar-refractivity contribution in [2.45, 2.75) is 32.8 Å². The normalized spacial score (nSPS) is 17.9. The molecule has 3 rings (SSSR count). The second kappa shape index (κ2) is 5.95. The number of ether oxygens (including phenoxy) is 1. The number of benzene rings is 1. The molecule has 1 saturated heterocycles. The van der Waals surface area contributed by atoms with Gasteiger partial charge in [0.05, 0.1) is 5.69 Å². The van der Waals surface area contributed by atoms with E-state index in [9.17, 15) is 4.79 Å². The molecule has 4 nitrogen and oxygen atoms in total. The van der Waals surface area contributed by atoms with Crippen LogP contribution in [0.3, 0.4) is 0 Å². The fourth-order valence-electron chi connectivity index (χ4n) is 2.53. The maximum absolute atomic E-state index is 12.0. The zero-order valence-corrected chi connectivity index (χ0v) is 13.0. The van der Waals surface area contributed by atoms with E-state index >= 15 is 0 Å². The summed E-state index contributed by atoms with van der Waals surface area (Å²) < 4.78 is 5.38. The fourth-order valence-corrected chi connectivity index (χ4v) is 3.24. The molecule has 1 aromatic carbocycles. The maximum atomic E-state index is 12.0. The molecule has 1 amide bonds. The van der Waals surface area contributed by atoms with Crippen LogP contribution in [0.15, 0.2) is 23.6 Å². The number of nitrogens with zero attached hydrogens (tertiary/aromatic N) is 1. The number of amides is 1. The number of nitrogens with one attached hydrogen (secondary N) is 1. The van der Waals surface area contributed by atoms with E-state index in [0.29, 0.717) is 11.7 Å². The van der Waals surface area contributed by atoms with Crippen molar-refractivity contribution in [1.29, 1.82) is 0 Å². The summed E-state index contributed by atoms with van der Waals surface area (Å²) in [6.07, 6.45) is 1.42. The quantitative estimate of drug-likeness (QED) is 0.943. The molecule has 1 aromatic heterocycles. The van der Waals surface area contributed by atoms with Gasteiger partial charge in [-0.15, -0.1) is 11.3 Å². The van der Waals surface area contributed by atoms with Crippen LogP contribution in [0.1, 0.15) is 24.0 Å². The van der Waals surface area contributed by atoms with E-state index in [4.69, 9.17) is 4.74 Å². The van der Waals surface area contributed by atoms with Crippen LogP contribution in [0.25, 0.3) is 11.3 Å². The third kappa shape index (κ3) is 3.14. The number of hydrogen-bond acceptors (Lipinski definition) is 4. The van der Waals surface area contributed by atoms with Crippen molar-refractivity contribution in [3.05, 3.63) is 34.7 Å². The van der Waals surface area contributed by atoms with E-state index in [0.717, 1.165) is 24.1 Å². The minimum absolute atomic E-state index is 0.0889. The predicted octanol–water partition coefficient (Wildman–Crippen LogP) is 3.54. The molecule has 2 aromatic rings. The summed E-state index contributed by atoms with van der Waals surface area (Å²) in [6.45, 7) is 4.82. The van der Waals surface area contributed by atoms with E-state index in [1.807, 2.05) is 5.38 Å². The van der Waals surface area contributed by atoms with E-state index in [1.54, 1.807) is 0 Å². The Kier molecular flexibility index (Phi) is 4.03. The van der Waals surface area contributed by atoms with Crippen molar-refractivity contribution in [2.75, 3.05) is 11.9 Å². The number of hydrogen-bond donors (Lipinski definition) is 1. The molecule has 1 aliphatic rings. The molecule has 0 radical (unpaired) electrons. The Hall–Kier alpha value is -1.72. The summed E-state index contributed by atoms with van der Waals surface area (Å²) in [5.41, 5.74) is 4.44. The van der Waals surface area contributed by atoms with Gasteiger partial charge >= 0.3 is 0 Å². The third-order valence-electron chi connectivity index (χ3n) is 3.61. The summed E-state index contributed by atoms with van der Waals surface area (Å²) in [7, 11) is 0. The first-order valence-electron chi connectivity index (χ1n) is 7.09. The summed E-state index contributed by atoms with van der Waals surface area (Å²) in [5.74, 6) is -0.0889. The Morgan fingerprint density at radius 1 is 1.43 bits per heavy atom. The van der Waals surface area contributed by atoms with E-state index in [1.165, 1.54) is 22.5 Å². The van der Waals surface area contributed by atoms with Crippen molar-refractivity contribution in [3.63, 3.8) is 0 Å². The Balaban J connectivity index is 1.75. The third-order valence-corrected chi connectivity index (χ3v) is 4.37. The first kappa shape index (κ1) is 14.2. The van der Waals surface area contributed by atoms with Gasteiger partial charge < -0.3 is 4.74 Å². The molecule has 0 saturated carbocycles. The van der Waals surface area contributed by atoms with Gasteiger partial charge in [0.1, 0.15) is 6.10 Å². The lowest BCUT2D eigenvalue weighted by molar-refractivity contribution is -0.124. The number of anilines is 1. The molecule has 1 aliphatic heterocycles. The Labute approximate surface area is 128 Å². The van der Waals surface area contributed by atoms with Crippen LogP contribution in [-0.2, 0) is 9.53 Å². The number of thiazole rings is 1. The molecule has 2 heterocycles. The first-order chi connectivity index (χ1) is 10.1. The van der Waals surface area contributed by atoms with Crippen LogP contribution in [0.4, 0.5) is 5.13 Å². The molecule has 5 heteroatoms. The van der Waals surface area contributed by atoms with Gasteiger partial charge in [0.25, 0.3) is 5.91 Å². The number of carbonyl (C=O) groups excluding carboxylic acids is 1. The highest BCUT2D eigenvalue weighted by Crippen LogP contribution is 2.28. The molecule has 0 unspecified atom stereocenters. The number of aromatic nitrogens is 1. The van der Waals surface area contributed by atoms with Crippen LogP contribution in [0.5, 0.6) is 0 Å². The zero-order chi connectivity index (χ0) is 14.8. The number of rotatable bonds is 3. The smallest absolute Gasteiger partial charge is 0.255 e. The Bertz CT molecular complexity index is 660. The monoisotopic (exact) mass is 302 g/mol. The van der Waals surface area contributed by atoms with Crippen molar-refractivity contribution >= 4 is 22.4 Å². The Morgan fingerprint density at radius 2 is 2.29 bits per heavy atom. The summed E-state index contributed by atoms with van der Waals surface area (Å²) in [4.78, 5) is 16.5. The average Bonchev–Trinajstić information content (AvgIpc) is 3.09. The van der Waals surface area contributed by atoms with Crippen LogP contribution in [-0.4, -0.2) is 23.6 Å². The van der Waals surface area contributed by atoms with Gasteiger partial charge in [0, 0.05) is 17.6 Å². The molecule has 1 fully saturated rings. The lowest BCUT2D eigenvalue weighted by Crippen LogP contribution is -2.26. The number of aryl methyl sites for hydroxylation is 2. The van der Waals surface area contributed by atoms with Gasteiger partial charge in [-0.25, -0.2) is 4.98 Å². The molecule has 0 spiro atoms. The van der Waals surface area contributed by atoms with Gasteiger partial charge in [-0.2, -0.15) is 0 Å². The van der Waals surface area contributed by atoms with Crippen molar-refractivity contribution in [3.8, 4) is 11.3 Å². The molecular formula is C16H18N2O2S. The second-order valence-electron chi connectivity index (χ2n) is 5.35. The minimum atomic E-state index is -0.321. The minimum Gasteiger partial charge on any atom is -0.368 e. The van der Waals surface area contributed by atoms with Gasteiger partial charge in [0.15, 0.2) is 5.13 Å². The fraction of sp³-hybridized carbons (Fsp3) is 0.375. The Morgan fingerprint density at radius 3 is 3.00 bits per heavy atom. The second-order valence-corrected chi connectivity index (χ2v) is 6.21. The topological polar surface area (TPSA) is 51.2 Å². The van der Waals surface area contributed by atoms with E-state index in [-0.39, 0.29) is 12.0 Å². The van der Waals surface area contributed by atoms with Crippen LogP contribution in [0.2, 0.25) is 0 Å². The highest BCUT2D eigenvalue weighted by molar-refractivity contribution is 7.14. The lowest BCUT2D eigenvalue weighted by atomic mass is 10.0. The van der Waals surface area contributed by atoms with Gasteiger partial charge in [-0.05, 0) is 32.3 Å². The van der Waals surface area contributed by atoms with Gasteiger partial charge in [-0.1, -0.05) is 23.8 Å². The predicted molar refractivity (Wildman–Crippen MR) is 84.6 cm³/mol. The van der Waals surface area contributed by atoms with E-state index < -0.39 is 0 Å². The summed E-state index contributed by atoms with van der Waals surface area (Å²) >= 11 is 1.45. The van der Waals surface area contributed by atoms with Crippen LogP contribution in [0, 0.1) is 13.8 Å². The molecular weight excluding hydrogens is 284 g/mol. The molecule has 21 heavy (non-hydrogen) atoms. The standard InChI is InChI=1S/C16H18N2O2S/c1-10-5-6-12(11(2)8-10)13-9-21-16(17-13)18-15(19)14-4-3-7-20-14/h5-6,8-9,14H,3-4,7H2,1-2H3,(H,17,18,19)/t14-/m0/s1. The molecule has 1 atom stereocenters. The number of carbonyl (C=O) groups is 1. The molecule has 1 N–H and O–H groups in total. The lowest BCUT2D eigenvalue weighted by Gasteiger charge is -2.07. The highest BCUT2D eigenvalue weighted by atomic mass is 32.1. The largest absolute Gasteiger partial charge is 0.368 e. The van der Waals surface area contributed by atoms with Crippen molar-refractivity contribution in [2.24, 2.45) is 0 Å². The highest BCUT2D eigenvalue weighted by Gasteiger charge is 2.24. The average molecular weight is 302 g/mol. The molecule has 0 aliphatic carbocycles.